The Hall–Kier alpha value is -1.06. The summed E-state index contributed by atoms with van der Waals surface area (Å²) >= 11 is 0. The van der Waals surface area contributed by atoms with E-state index < -0.39 is 0 Å². The van der Waals surface area contributed by atoms with E-state index in [0.717, 1.165) is 19.3 Å². The van der Waals surface area contributed by atoms with Gasteiger partial charge in [-0.1, -0.05) is 0 Å². The first kappa shape index (κ1) is 7.58. The summed E-state index contributed by atoms with van der Waals surface area (Å²) in [6.07, 6.45) is 2.91. The van der Waals surface area contributed by atoms with Gasteiger partial charge in [0.25, 0.3) is 0 Å². The molecule has 0 bridgehead atoms. The minimum absolute atomic E-state index is 0.0822. The van der Waals surface area contributed by atoms with E-state index in [1.165, 1.54) is 7.11 Å². The number of hydrogen-bond acceptors (Lipinski definition) is 4. The van der Waals surface area contributed by atoms with E-state index in [4.69, 9.17) is 5.73 Å². The number of aliphatic imine (C=N–C) groups is 1. The van der Waals surface area contributed by atoms with Crippen molar-refractivity contribution in [3.05, 3.63) is 0 Å². The Labute approximate surface area is 70.8 Å². The third-order valence-electron chi connectivity index (χ3n) is 2.75. The number of amidine groups is 1. The fourth-order valence-corrected chi connectivity index (χ4v) is 1.71. The van der Waals surface area contributed by atoms with Gasteiger partial charge in [-0.15, -0.1) is 0 Å². The third kappa shape index (κ3) is 0.906. The van der Waals surface area contributed by atoms with Crippen LogP contribution in [0.3, 0.4) is 0 Å². The second kappa shape index (κ2) is 2.21. The van der Waals surface area contributed by atoms with Crippen molar-refractivity contribution < 1.29 is 9.53 Å². The highest BCUT2D eigenvalue weighted by Gasteiger charge is 2.53. The molecule has 0 aromatic carbocycles. The fourth-order valence-electron chi connectivity index (χ4n) is 1.71. The molecule has 1 atom stereocenters. The van der Waals surface area contributed by atoms with Crippen LogP contribution < -0.4 is 5.73 Å². The molecule has 1 aliphatic heterocycles. The van der Waals surface area contributed by atoms with Gasteiger partial charge in [0.05, 0.1) is 7.11 Å². The zero-order chi connectivity index (χ0) is 8.77. The van der Waals surface area contributed by atoms with Crippen LogP contribution in [0.25, 0.3) is 0 Å². The van der Waals surface area contributed by atoms with Crippen LogP contribution in [0.5, 0.6) is 0 Å². The maximum absolute atomic E-state index is 11.1. The van der Waals surface area contributed by atoms with Crippen molar-refractivity contribution in [3.8, 4) is 0 Å². The average Bonchev–Trinajstić information content (AvgIpc) is 2.75. The van der Waals surface area contributed by atoms with Gasteiger partial charge in [0.2, 0.25) is 0 Å². The first-order chi connectivity index (χ1) is 5.68. The Kier molecular flexibility index (Phi) is 1.40. The van der Waals surface area contributed by atoms with Gasteiger partial charge >= 0.3 is 5.97 Å². The molecule has 2 rings (SSSR count). The average molecular weight is 168 g/mol. The zero-order valence-corrected chi connectivity index (χ0v) is 7.04. The second-order valence-corrected chi connectivity index (χ2v) is 3.54. The lowest BCUT2D eigenvalue weighted by Crippen LogP contribution is -2.21. The first-order valence-electron chi connectivity index (χ1n) is 4.09. The highest BCUT2D eigenvalue weighted by Crippen LogP contribution is 2.53. The van der Waals surface area contributed by atoms with Crippen molar-refractivity contribution in [2.24, 2.45) is 16.1 Å². The number of ether oxygens (including phenoxy) is 1. The summed E-state index contributed by atoms with van der Waals surface area (Å²) in [7, 11) is 1.38. The number of nitrogens with zero attached hydrogens (tertiary/aromatic N) is 1. The van der Waals surface area contributed by atoms with Crippen molar-refractivity contribution in [1.29, 1.82) is 0 Å². The van der Waals surface area contributed by atoms with Crippen molar-refractivity contribution in [3.63, 3.8) is 0 Å². The lowest BCUT2D eigenvalue weighted by atomic mass is 10.0. The summed E-state index contributed by atoms with van der Waals surface area (Å²) in [4.78, 5) is 15.2. The van der Waals surface area contributed by atoms with Crippen LogP contribution in [0.1, 0.15) is 19.3 Å². The zero-order valence-electron chi connectivity index (χ0n) is 7.04. The molecular weight excluding hydrogens is 156 g/mol. The molecule has 66 valence electrons. The quantitative estimate of drug-likeness (QED) is 0.563. The molecule has 0 aromatic heterocycles. The Morgan fingerprint density at radius 2 is 2.42 bits per heavy atom. The molecule has 1 aliphatic carbocycles. The van der Waals surface area contributed by atoms with E-state index in [-0.39, 0.29) is 17.4 Å². The minimum Gasteiger partial charge on any atom is -0.467 e. The number of nitrogens with two attached hydrogens (primary N) is 1. The molecule has 1 spiro atoms. The highest BCUT2D eigenvalue weighted by molar-refractivity contribution is 5.95. The summed E-state index contributed by atoms with van der Waals surface area (Å²) < 4.78 is 4.60. The molecule has 0 aromatic rings. The molecule has 0 unspecified atom stereocenters. The van der Waals surface area contributed by atoms with Gasteiger partial charge < -0.3 is 10.5 Å². The van der Waals surface area contributed by atoms with Crippen LogP contribution >= 0.6 is 0 Å². The molecular formula is C8H12N2O2. The number of carbonyl (C=O) groups is 1. The SMILES string of the molecule is COC(=O)[C@@H]1CC2(CC2)C(N)=N1. The van der Waals surface area contributed by atoms with Crippen LogP contribution in [-0.4, -0.2) is 25.0 Å². The predicted octanol–water partition coefficient (Wildman–Crippen LogP) is 0.0691. The van der Waals surface area contributed by atoms with Gasteiger partial charge in [-0.3, -0.25) is 4.99 Å². The summed E-state index contributed by atoms with van der Waals surface area (Å²) in [5.41, 5.74) is 5.78. The van der Waals surface area contributed by atoms with Gasteiger partial charge in [-0.25, -0.2) is 4.79 Å². The molecule has 1 fully saturated rings. The van der Waals surface area contributed by atoms with Crippen LogP contribution in [0, 0.1) is 5.41 Å². The normalized spacial score (nSPS) is 30.1. The van der Waals surface area contributed by atoms with Gasteiger partial charge in [0.15, 0.2) is 6.04 Å². The lowest BCUT2D eigenvalue weighted by molar-refractivity contribution is -0.142. The van der Waals surface area contributed by atoms with Crippen LogP contribution in [0.15, 0.2) is 4.99 Å². The molecule has 0 saturated heterocycles. The number of hydrogen-bond donors (Lipinski definition) is 1. The predicted molar refractivity (Wildman–Crippen MR) is 43.7 cm³/mol. The van der Waals surface area contributed by atoms with Gasteiger partial charge in [-0.05, 0) is 19.3 Å². The largest absolute Gasteiger partial charge is 0.467 e. The maximum Gasteiger partial charge on any atom is 0.330 e. The Balaban J connectivity index is 2.11. The van der Waals surface area contributed by atoms with Crippen molar-refractivity contribution in [1.82, 2.24) is 0 Å². The maximum atomic E-state index is 11.1. The van der Waals surface area contributed by atoms with Gasteiger partial charge in [0.1, 0.15) is 5.84 Å². The topological polar surface area (TPSA) is 64.7 Å². The Bertz CT molecular complexity index is 256. The van der Waals surface area contributed by atoms with Gasteiger partial charge in [0, 0.05) is 5.41 Å². The highest BCUT2D eigenvalue weighted by atomic mass is 16.5. The number of esters is 1. The van der Waals surface area contributed by atoms with E-state index in [1.54, 1.807) is 0 Å². The summed E-state index contributed by atoms with van der Waals surface area (Å²) in [6, 6.07) is -0.336. The molecule has 0 amide bonds. The van der Waals surface area contributed by atoms with E-state index >= 15 is 0 Å². The summed E-state index contributed by atoms with van der Waals surface area (Å²) in [5, 5.41) is 0. The lowest BCUT2D eigenvalue weighted by Gasteiger charge is -2.05. The minimum atomic E-state index is -0.336. The van der Waals surface area contributed by atoms with Gasteiger partial charge in [-0.2, -0.15) is 0 Å². The first-order valence-corrected chi connectivity index (χ1v) is 4.09. The summed E-state index contributed by atoms with van der Waals surface area (Å²) in [6.45, 7) is 0. The van der Waals surface area contributed by atoms with Crippen LogP contribution in [0.4, 0.5) is 0 Å². The van der Waals surface area contributed by atoms with Crippen LogP contribution in [0.2, 0.25) is 0 Å². The third-order valence-corrected chi connectivity index (χ3v) is 2.75. The van der Waals surface area contributed by atoms with E-state index in [9.17, 15) is 4.79 Å². The number of carbonyl (C=O) groups excluding carboxylic acids is 1. The van der Waals surface area contributed by atoms with E-state index in [0.29, 0.717) is 5.84 Å². The Morgan fingerprint density at radius 1 is 1.75 bits per heavy atom. The number of rotatable bonds is 1. The molecule has 0 radical (unpaired) electrons. The molecule has 12 heavy (non-hydrogen) atoms. The van der Waals surface area contributed by atoms with Crippen LogP contribution in [-0.2, 0) is 9.53 Å². The van der Waals surface area contributed by atoms with Crippen molar-refractivity contribution in [2.75, 3.05) is 7.11 Å². The second-order valence-electron chi connectivity index (χ2n) is 3.54. The van der Waals surface area contributed by atoms with Crippen molar-refractivity contribution >= 4 is 11.8 Å². The monoisotopic (exact) mass is 168 g/mol. The number of methoxy groups -OCH3 is 1. The Morgan fingerprint density at radius 3 is 2.83 bits per heavy atom. The standard InChI is InChI=1S/C8H12N2O2/c1-12-6(11)5-4-8(2-3-8)7(9)10-5/h5H,2-4H2,1H3,(H2,9,10)/t5-/m0/s1. The van der Waals surface area contributed by atoms with Crippen molar-refractivity contribution in [2.45, 2.75) is 25.3 Å². The fraction of sp³-hybridized carbons (Fsp3) is 0.750. The van der Waals surface area contributed by atoms with E-state index in [1.807, 2.05) is 0 Å². The molecule has 2 N–H and O–H groups in total. The summed E-state index contributed by atoms with van der Waals surface area (Å²) in [5.74, 6) is 0.389. The van der Waals surface area contributed by atoms with E-state index in [2.05, 4.69) is 9.73 Å². The smallest absolute Gasteiger partial charge is 0.330 e. The molecule has 1 saturated carbocycles. The molecule has 4 nitrogen and oxygen atoms in total. The molecule has 2 aliphatic rings. The molecule has 4 heteroatoms. The molecule has 1 heterocycles.